The van der Waals surface area contributed by atoms with E-state index in [4.69, 9.17) is 9.51 Å². The van der Waals surface area contributed by atoms with Gasteiger partial charge in [0, 0.05) is 30.9 Å². The van der Waals surface area contributed by atoms with Gasteiger partial charge >= 0.3 is 5.76 Å². The molecule has 244 valence electrons. The molecule has 5 heterocycles. The van der Waals surface area contributed by atoms with Gasteiger partial charge in [0.1, 0.15) is 5.82 Å². The molecule has 1 saturated heterocycles. The highest BCUT2D eigenvalue weighted by Crippen LogP contribution is 2.48. The topological polar surface area (TPSA) is 95.3 Å². The summed E-state index contributed by atoms with van der Waals surface area (Å²) in [7, 11) is 0. The Morgan fingerprint density at radius 3 is 2.46 bits per heavy atom. The SMILES string of the molecule is O=C1c2c(nc(CCc3ccc(F)cc3)c(-c3noc(=O)[nH]3)c2-c2ccc3c(c2)CCCN3CCc2ccc(F)c(F)c2)[C@H]2CCCN12. The predicted molar refractivity (Wildman–Crippen MR) is 173 cm³/mol. The Morgan fingerprint density at radius 2 is 1.67 bits per heavy atom. The molecule has 3 aliphatic rings. The highest BCUT2D eigenvalue weighted by Gasteiger charge is 2.44. The first kappa shape index (κ1) is 30.2. The Bertz CT molecular complexity index is 2110. The van der Waals surface area contributed by atoms with Crippen molar-refractivity contribution in [2.24, 2.45) is 0 Å². The molecule has 0 spiro atoms. The van der Waals surface area contributed by atoms with Crippen molar-refractivity contribution in [2.75, 3.05) is 24.5 Å². The van der Waals surface area contributed by atoms with Gasteiger partial charge in [0.2, 0.25) is 0 Å². The van der Waals surface area contributed by atoms with E-state index in [0.717, 1.165) is 71.9 Å². The predicted octanol–water partition coefficient (Wildman–Crippen LogP) is 6.58. The molecular weight excluding hydrogens is 619 g/mol. The summed E-state index contributed by atoms with van der Waals surface area (Å²) < 4.78 is 46.0. The molecule has 1 atom stereocenters. The van der Waals surface area contributed by atoms with E-state index < -0.39 is 17.4 Å². The molecule has 0 saturated carbocycles. The van der Waals surface area contributed by atoms with Crippen LogP contribution in [0.4, 0.5) is 18.9 Å². The minimum Gasteiger partial charge on any atom is -0.371 e. The summed E-state index contributed by atoms with van der Waals surface area (Å²) in [5.74, 6) is -2.62. The number of amides is 1. The van der Waals surface area contributed by atoms with Gasteiger partial charge in [-0.3, -0.25) is 19.3 Å². The minimum atomic E-state index is -0.858. The van der Waals surface area contributed by atoms with Crippen LogP contribution in [0.1, 0.15) is 63.7 Å². The summed E-state index contributed by atoms with van der Waals surface area (Å²) in [4.78, 5) is 38.3. The average Bonchev–Trinajstić information content (AvgIpc) is 3.82. The van der Waals surface area contributed by atoms with Gasteiger partial charge in [0.05, 0.1) is 28.6 Å². The Labute approximate surface area is 274 Å². The van der Waals surface area contributed by atoms with Gasteiger partial charge in [-0.15, -0.1) is 0 Å². The second-order valence-electron chi connectivity index (χ2n) is 12.7. The Morgan fingerprint density at radius 1 is 0.833 bits per heavy atom. The molecule has 3 aliphatic heterocycles. The number of carbonyl (C=O) groups excluding carboxylic acids is 1. The third-order valence-corrected chi connectivity index (χ3v) is 9.82. The minimum absolute atomic E-state index is 0.0851. The second-order valence-corrected chi connectivity index (χ2v) is 12.7. The molecule has 0 aliphatic carbocycles. The zero-order chi connectivity index (χ0) is 32.9. The van der Waals surface area contributed by atoms with Crippen LogP contribution in [0.5, 0.6) is 0 Å². The van der Waals surface area contributed by atoms with Crippen LogP contribution < -0.4 is 10.7 Å². The van der Waals surface area contributed by atoms with Gasteiger partial charge in [-0.05, 0) is 104 Å². The van der Waals surface area contributed by atoms with Crippen molar-refractivity contribution in [3.8, 4) is 22.5 Å². The fraction of sp³-hybridized carbons (Fsp3) is 0.297. The zero-order valence-electron chi connectivity index (χ0n) is 26.1. The number of pyridine rings is 1. The van der Waals surface area contributed by atoms with Crippen LogP contribution in [-0.2, 0) is 25.7 Å². The number of aromatic nitrogens is 3. The molecule has 5 aromatic rings. The molecule has 11 heteroatoms. The second kappa shape index (κ2) is 12.1. The first-order chi connectivity index (χ1) is 23.3. The van der Waals surface area contributed by atoms with Crippen LogP contribution in [-0.4, -0.2) is 45.6 Å². The number of rotatable bonds is 8. The lowest BCUT2D eigenvalue weighted by atomic mass is 9.87. The largest absolute Gasteiger partial charge is 0.439 e. The molecule has 0 radical (unpaired) electrons. The van der Waals surface area contributed by atoms with E-state index in [1.807, 2.05) is 11.0 Å². The van der Waals surface area contributed by atoms with Crippen LogP contribution in [0.25, 0.3) is 22.5 Å². The summed E-state index contributed by atoms with van der Waals surface area (Å²) in [6, 6.07) is 16.4. The maximum Gasteiger partial charge on any atom is 0.439 e. The normalized spacial score (nSPS) is 16.7. The van der Waals surface area contributed by atoms with E-state index in [9.17, 15) is 22.8 Å². The van der Waals surface area contributed by atoms with E-state index in [1.54, 1.807) is 18.2 Å². The third-order valence-electron chi connectivity index (χ3n) is 9.82. The van der Waals surface area contributed by atoms with Gasteiger partial charge in [-0.25, -0.2) is 18.0 Å². The standard InChI is InChI=1S/C37H32F3N5O3/c38-25-10-5-21(6-11-25)8-13-28-32(35-42-37(47)48-43-35)31(33-34(41-28)30-4-2-17-45(30)36(33)46)24-9-14-29-23(20-24)3-1-16-44(29)18-15-22-7-12-26(39)27(40)19-22/h5-7,9-12,14,19-20,30H,1-4,8,13,15-18H2,(H,42,43,47)/t30-/m1/s1. The molecule has 1 fully saturated rings. The molecule has 0 bridgehead atoms. The number of aromatic amines is 1. The molecule has 2 aromatic heterocycles. The van der Waals surface area contributed by atoms with Crippen molar-refractivity contribution in [1.82, 2.24) is 20.0 Å². The summed E-state index contributed by atoms with van der Waals surface area (Å²) in [6.07, 6.45) is 5.02. The number of nitrogens with zero attached hydrogens (tertiary/aromatic N) is 4. The summed E-state index contributed by atoms with van der Waals surface area (Å²) in [5, 5.41) is 4.07. The number of fused-ring (bicyclic) bond motifs is 4. The van der Waals surface area contributed by atoms with Crippen LogP contribution in [0.3, 0.4) is 0 Å². The van der Waals surface area contributed by atoms with Crippen molar-refractivity contribution >= 4 is 11.6 Å². The molecule has 1 amide bonds. The molecule has 8 rings (SSSR count). The fourth-order valence-electron chi connectivity index (χ4n) is 7.55. The van der Waals surface area contributed by atoms with Crippen molar-refractivity contribution < 1.29 is 22.5 Å². The molecule has 8 nitrogen and oxygen atoms in total. The van der Waals surface area contributed by atoms with Gasteiger partial charge in [0.25, 0.3) is 5.91 Å². The van der Waals surface area contributed by atoms with E-state index in [-0.39, 0.29) is 23.6 Å². The number of halogens is 3. The molecule has 3 aromatic carbocycles. The van der Waals surface area contributed by atoms with Crippen molar-refractivity contribution in [3.05, 3.63) is 122 Å². The maximum atomic E-state index is 14.1. The van der Waals surface area contributed by atoms with Crippen molar-refractivity contribution in [2.45, 2.75) is 51.0 Å². The number of hydrogen-bond donors (Lipinski definition) is 1. The Balaban J connectivity index is 1.23. The monoisotopic (exact) mass is 651 g/mol. The number of H-pyrrole nitrogens is 1. The van der Waals surface area contributed by atoms with Gasteiger partial charge in [-0.1, -0.05) is 29.4 Å². The number of aryl methyl sites for hydroxylation is 3. The summed E-state index contributed by atoms with van der Waals surface area (Å²) in [5.41, 5.74) is 7.76. The van der Waals surface area contributed by atoms with Gasteiger partial charge in [-0.2, -0.15) is 0 Å². The third kappa shape index (κ3) is 5.36. The lowest BCUT2D eigenvalue weighted by Gasteiger charge is -2.32. The quantitative estimate of drug-likeness (QED) is 0.204. The van der Waals surface area contributed by atoms with E-state index in [1.165, 1.54) is 18.2 Å². The Hall–Kier alpha value is -5.19. The lowest BCUT2D eigenvalue weighted by molar-refractivity contribution is 0.0776. The number of benzene rings is 3. The van der Waals surface area contributed by atoms with Gasteiger partial charge < -0.3 is 9.80 Å². The van der Waals surface area contributed by atoms with E-state index in [0.29, 0.717) is 54.7 Å². The molecule has 48 heavy (non-hydrogen) atoms. The van der Waals surface area contributed by atoms with Gasteiger partial charge in [0.15, 0.2) is 17.5 Å². The van der Waals surface area contributed by atoms with Crippen LogP contribution >= 0.6 is 0 Å². The van der Waals surface area contributed by atoms with Crippen molar-refractivity contribution in [1.29, 1.82) is 0 Å². The van der Waals surface area contributed by atoms with E-state index >= 15 is 0 Å². The summed E-state index contributed by atoms with van der Waals surface area (Å²) >= 11 is 0. The first-order valence-electron chi connectivity index (χ1n) is 16.3. The lowest BCUT2D eigenvalue weighted by Crippen LogP contribution is -2.31. The first-order valence-corrected chi connectivity index (χ1v) is 16.3. The molecule has 0 unspecified atom stereocenters. The van der Waals surface area contributed by atoms with Crippen LogP contribution in [0, 0.1) is 17.5 Å². The average molecular weight is 652 g/mol. The van der Waals surface area contributed by atoms with Crippen LogP contribution in [0.2, 0.25) is 0 Å². The highest BCUT2D eigenvalue weighted by atomic mass is 19.2. The number of carbonyl (C=O) groups is 1. The number of nitrogens with one attached hydrogen (secondary N) is 1. The molecular formula is C37H32F3N5O3. The number of hydrogen-bond acceptors (Lipinski definition) is 6. The van der Waals surface area contributed by atoms with Crippen molar-refractivity contribution in [3.63, 3.8) is 0 Å². The zero-order valence-corrected chi connectivity index (χ0v) is 26.1. The van der Waals surface area contributed by atoms with Crippen LogP contribution in [0.15, 0.2) is 70.0 Å². The highest BCUT2D eigenvalue weighted by molar-refractivity contribution is 6.08. The van der Waals surface area contributed by atoms with E-state index in [2.05, 4.69) is 27.2 Å². The summed E-state index contributed by atoms with van der Waals surface area (Å²) in [6.45, 7) is 2.11. The smallest absolute Gasteiger partial charge is 0.371 e. The maximum absolute atomic E-state index is 14.1. The molecule has 1 N–H and O–H groups in total. The Kier molecular flexibility index (Phi) is 7.61. The number of anilines is 1. The fourth-order valence-corrected chi connectivity index (χ4v) is 7.55.